The number of benzene rings is 1. The summed E-state index contributed by atoms with van der Waals surface area (Å²) in [6.07, 6.45) is 1.01. The van der Waals surface area contributed by atoms with Crippen molar-refractivity contribution in [2.75, 3.05) is 18.4 Å². The van der Waals surface area contributed by atoms with E-state index in [1.165, 1.54) is 12.1 Å². The van der Waals surface area contributed by atoms with E-state index >= 15 is 0 Å². The molecular weight excluding hydrogens is 179 g/mol. The third-order valence-electron chi connectivity index (χ3n) is 2.16. The predicted octanol–water partition coefficient (Wildman–Crippen LogP) is 2.22. The van der Waals surface area contributed by atoms with Crippen molar-refractivity contribution < 1.29 is 4.39 Å². The van der Waals surface area contributed by atoms with E-state index in [4.69, 9.17) is 5.73 Å². The molecule has 0 aliphatic heterocycles. The molecule has 1 atom stereocenters. The Bertz CT molecular complexity index is 258. The topological polar surface area (TPSA) is 38.0 Å². The molecule has 1 unspecified atom stereocenters. The van der Waals surface area contributed by atoms with Crippen molar-refractivity contribution in [1.82, 2.24) is 0 Å². The molecule has 0 radical (unpaired) electrons. The van der Waals surface area contributed by atoms with Gasteiger partial charge in [0.05, 0.1) is 0 Å². The lowest BCUT2D eigenvalue weighted by molar-refractivity contribution is 0.568. The van der Waals surface area contributed by atoms with Crippen LogP contribution in [0.4, 0.5) is 10.1 Å². The van der Waals surface area contributed by atoms with Gasteiger partial charge in [-0.3, -0.25) is 0 Å². The molecule has 0 bridgehead atoms. The average molecular weight is 196 g/mol. The fourth-order valence-electron chi connectivity index (χ4n) is 1.25. The van der Waals surface area contributed by atoms with Crippen LogP contribution >= 0.6 is 0 Å². The number of rotatable bonds is 5. The zero-order valence-corrected chi connectivity index (χ0v) is 8.46. The van der Waals surface area contributed by atoms with Gasteiger partial charge >= 0.3 is 0 Å². The van der Waals surface area contributed by atoms with Gasteiger partial charge in [0.1, 0.15) is 5.82 Å². The maximum absolute atomic E-state index is 12.6. The van der Waals surface area contributed by atoms with Crippen LogP contribution in [0.5, 0.6) is 0 Å². The number of hydrogen-bond donors (Lipinski definition) is 2. The standard InChI is InChI=1S/C11H17FN2/c1-9(6-7-13)8-14-11-4-2-10(12)3-5-11/h2-5,9,14H,6-8,13H2,1H3. The van der Waals surface area contributed by atoms with Gasteiger partial charge in [-0.25, -0.2) is 4.39 Å². The maximum atomic E-state index is 12.6. The van der Waals surface area contributed by atoms with Gasteiger partial charge in [0, 0.05) is 12.2 Å². The van der Waals surface area contributed by atoms with Gasteiger partial charge in [-0.05, 0) is 43.1 Å². The monoisotopic (exact) mass is 196 g/mol. The number of anilines is 1. The van der Waals surface area contributed by atoms with E-state index in [0.29, 0.717) is 12.5 Å². The fourth-order valence-corrected chi connectivity index (χ4v) is 1.25. The van der Waals surface area contributed by atoms with Crippen molar-refractivity contribution in [2.45, 2.75) is 13.3 Å². The maximum Gasteiger partial charge on any atom is 0.123 e. The largest absolute Gasteiger partial charge is 0.385 e. The number of halogens is 1. The van der Waals surface area contributed by atoms with Gasteiger partial charge in [0.2, 0.25) is 0 Å². The van der Waals surface area contributed by atoms with Crippen LogP contribution in [0.25, 0.3) is 0 Å². The second kappa shape index (κ2) is 5.60. The summed E-state index contributed by atoms with van der Waals surface area (Å²) in [7, 11) is 0. The number of nitrogens with one attached hydrogen (secondary N) is 1. The zero-order valence-electron chi connectivity index (χ0n) is 8.46. The minimum atomic E-state index is -0.203. The lowest BCUT2D eigenvalue weighted by atomic mass is 10.1. The summed E-state index contributed by atoms with van der Waals surface area (Å²) < 4.78 is 12.6. The molecule has 3 N–H and O–H groups in total. The van der Waals surface area contributed by atoms with E-state index in [-0.39, 0.29) is 5.82 Å². The molecule has 0 aromatic heterocycles. The van der Waals surface area contributed by atoms with Crippen LogP contribution in [0.2, 0.25) is 0 Å². The third kappa shape index (κ3) is 3.75. The van der Waals surface area contributed by atoms with Crippen LogP contribution < -0.4 is 11.1 Å². The molecule has 0 spiro atoms. The Kier molecular flexibility index (Phi) is 4.40. The summed E-state index contributed by atoms with van der Waals surface area (Å²) in [5.41, 5.74) is 6.39. The summed E-state index contributed by atoms with van der Waals surface area (Å²) >= 11 is 0. The van der Waals surface area contributed by atoms with Gasteiger partial charge in [0.15, 0.2) is 0 Å². The first-order valence-corrected chi connectivity index (χ1v) is 4.92. The van der Waals surface area contributed by atoms with E-state index in [0.717, 1.165) is 18.7 Å². The Labute approximate surface area is 84.3 Å². The quantitative estimate of drug-likeness (QED) is 0.757. The Balaban J connectivity index is 2.34. The SMILES string of the molecule is CC(CCN)CNc1ccc(F)cc1. The van der Waals surface area contributed by atoms with E-state index in [9.17, 15) is 4.39 Å². The van der Waals surface area contributed by atoms with Crippen LogP contribution in [-0.2, 0) is 0 Å². The Morgan fingerprint density at radius 2 is 2.00 bits per heavy atom. The van der Waals surface area contributed by atoms with Crippen LogP contribution in [0.15, 0.2) is 24.3 Å². The summed E-state index contributed by atoms with van der Waals surface area (Å²) in [4.78, 5) is 0. The molecule has 1 aromatic rings. The Morgan fingerprint density at radius 3 is 2.57 bits per heavy atom. The molecular formula is C11H17FN2. The normalized spacial score (nSPS) is 12.5. The van der Waals surface area contributed by atoms with Crippen molar-refractivity contribution >= 4 is 5.69 Å². The van der Waals surface area contributed by atoms with E-state index in [2.05, 4.69) is 12.2 Å². The molecule has 0 aliphatic rings. The highest BCUT2D eigenvalue weighted by molar-refractivity contribution is 5.42. The second-order valence-corrected chi connectivity index (χ2v) is 3.57. The van der Waals surface area contributed by atoms with E-state index < -0.39 is 0 Å². The first-order valence-electron chi connectivity index (χ1n) is 4.92. The second-order valence-electron chi connectivity index (χ2n) is 3.57. The smallest absolute Gasteiger partial charge is 0.123 e. The number of nitrogens with two attached hydrogens (primary N) is 1. The Hall–Kier alpha value is -1.09. The molecule has 0 amide bonds. The molecule has 3 heteroatoms. The summed E-state index contributed by atoms with van der Waals surface area (Å²) in [5.74, 6) is 0.343. The fraction of sp³-hybridized carbons (Fsp3) is 0.455. The summed E-state index contributed by atoms with van der Waals surface area (Å²) in [6.45, 7) is 3.73. The third-order valence-corrected chi connectivity index (χ3v) is 2.16. The molecule has 0 heterocycles. The van der Waals surface area contributed by atoms with Crippen LogP contribution in [0.3, 0.4) is 0 Å². The summed E-state index contributed by atoms with van der Waals surface area (Å²) in [6, 6.07) is 6.39. The molecule has 2 nitrogen and oxygen atoms in total. The molecule has 0 saturated heterocycles. The van der Waals surface area contributed by atoms with Crippen molar-refractivity contribution in [3.63, 3.8) is 0 Å². The van der Waals surface area contributed by atoms with Crippen LogP contribution in [0, 0.1) is 11.7 Å². The first kappa shape index (κ1) is 11.0. The van der Waals surface area contributed by atoms with Crippen molar-refractivity contribution in [3.05, 3.63) is 30.1 Å². The zero-order chi connectivity index (χ0) is 10.4. The predicted molar refractivity (Wildman–Crippen MR) is 57.7 cm³/mol. The molecule has 0 saturated carbocycles. The first-order chi connectivity index (χ1) is 6.72. The van der Waals surface area contributed by atoms with Gasteiger partial charge in [-0.1, -0.05) is 6.92 Å². The molecule has 14 heavy (non-hydrogen) atoms. The highest BCUT2D eigenvalue weighted by Gasteiger charge is 2.00. The minimum Gasteiger partial charge on any atom is -0.385 e. The van der Waals surface area contributed by atoms with Gasteiger partial charge < -0.3 is 11.1 Å². The summed E-state index contributed by atoms with van der Waals surface area (Å²) in [5, 5.41) is 3.23. The van der Waals surface area contributed by atoms with Crippen LogP contribution in [-0.4, -0.2) is 13.1 Å². The average Bonchev–Trinajstić information content (AvgIpc) is 2.17. The van der Waals surface area contributed by atoms with Crippen LogP contribution in [0.1, 0.15) is 13.3 Å². The molecule has 0 fully saturated rings. The van der Waals surface area contributed by atoms with Gasteiger partial charge in [0.25, 0.3) is 0 Å². The highest BCUT2D eigenvalue weighted by atomic mass is 19.1. The molecule has 78 valence electrons. The lowest BCUT2D eigenvalue weighted by Crippen LogP contribution is -2.15. The van der Waals surface area contributed by atoms with E-state index in [1.807, 2.05) is 0 Å². The van der Waals surface area contributed by atoms with Gasteiger partial charge in [-0.15, -0.1) is 0 Å². The number of hydrogen-bond acceptors (Lipinski definition) is 2. The van der Waals surface area contributed by atoms with Gasteiger partial charge in [-0.2, -0.15) is 0 Å². The van der Waals surface area contributed by atoms with Crippen molar-refractivity contribution in [2.24, 2.45) is 11.7 Å². The van der Waals surface area contributed by atoms with Crippen molar-refractivity contribution in [3.8, 4) is 0 Å². The highest BCUT2D eigenvalue weighted by Crippen LogP contribution is 2.09. The minimum absolute atomic E-state index is 0.203. The Morgan fingerprint density at radius 1 is 1.36 bits per heavy atom. The van der Waals surface area contributed by atoms with Crippen molar-refractivity contribution in [1.29, 1.82) is 0 Å². The molecule has 0 aliphatic carbocycles. The van der Waals surface area contributed by atoms with E-state index in [1.54, 1.807) is 12.1 Å². The molecule has 1 aromatic carbocycles. The molecule has 1 rings (SSSR count). The lowest BCUT2D eigenvalue weighted by Gasteiger charge is -2.12.